The van der Waals surface area contributed by atoms with E-state index >= 15 is 0 Å². The van der Waals surface area contributed by atoms with E-state index in [9.17, 15) is 9.59 Å². The van der Waals surface area contributed by atoms with Crippen LogP contribution >= 0.6 is 0 Å². The third kappa shape index (κ3) is 4.15. The third-order valence-corrected chi connectivity index (χ3v) is 4.50. The van der Waals surface area contributed by atoms with Gasteiger partial charge in [0, 0.05) is 30.6 Å². The Morgan fingerprint density at radius 2 is 1.77 bits per heavy atom. The molecule has 4 rings (SSSR count). The average Bonchev–Trinajstić information content (AvgIpc) is 2.80. The van der Waals surface area contributed by atoms with Crippen LogP contribution in [-0.2, 0) is 6.54 Å². The van der Waals surface area contributed by atoms with E-state index in [1.807, 2.05) is 12.1 Å². The fourth-order valence-corrected chi connectivity index (χ4v) is 2.87. The average molecular weight is 402 g/mol. The van der Waals surface area contributed by atoms with Crippen molar-refractivity contribution in [3.05, 3.63) is 94.6 Å². The van der Waals surface area contributed by atoms with Crippen molar-refractivity contribution in [3.63, 3.8) is 0 Å². The van der Waals surface area contributed by atoms with Crippen molar-refractivity contribution in [2.75, 3.05) is 7.11 Å². The summed E-state index contributed by atoms with van der Waals surface area (Å²) in [7, 11) is 1.54. The molecule has 0 atom stereocenters. The molecular formula is C23H18N2O5. The maximum Gasteiger partial charge on any atom is 0.251 e. The second kappa shape index (κ2) is 8.48. The number of fused-ring (bicyclic) bond motifs is 1. The number of pyridine rings is 1. The molecule has 7 heteroatoms. The Hall–Kier alpha value is -4.13. The van der Waals surface area contributed by atoms with Crippen LogP contribution in [-0.4, -0.2) is 18.0 Å². The quantitative estimate of drug-likeness (QED) is 0.526. The van der Waals surface area contributed by atoms with Gasteiger partial charge < -0.3 is 19.2 Å². The Morgan fingerprint density at radius 3 is 2.50 bits per heavy atom. The van der Waals surface area contributed by atoms with Crippen LogP contribution in [0.2, 0.25) is 0 Å². The normalized spacial score (nSPS) is 10.6. The van der Waals surface area contributed by atoms with Gasteiger partial charge in [0.25, 0.3) is 5.91 Å². The number of hydrogen-bond acceptors (Lipinski definition) is 6. The molecule has 7 nitrogen and oxygen atoms in total. The van der Waals surface area contributed by atoms with E-state index in [-0.39, 0.29) is 17.1 Å². The summed E-state index contributed by atoms with van der Waals surface area (Å²) in [4.78, 5) is 28.9. The van der Waals surface area contributed by atoms with Gasteiger partial charge in [-0.1, -0.05) is 0 Å². The van der Waals surface area contributed by atoms with Gasteiger partial charge in [0.05, 0.1) is 12.5 Å². The number of benzene rings is 2. The maximum absolute atomic E-state index is 12.6. The SMILES string of the molecule is COc1ccc2c(=O)c(Oc3ccc(C(=O)NCc4ccncc4)cc3)coc2c1. The third-order valence-electron chi connectivity index (χ3n) is 4.50. The fraction of sp³-hybridized carbons (Fsp3) is 0.0870. The van der Waals surface area contributed by atoms with Gasteiger partial charge in [-0.05, 0) is 54.1 Å². The highest BCUT2D eigenvalue weighted by atomic mass is 16.5. The first kappa shape index (κ1) is 19.2. The molecule has 0 saturated heterocycles. The Kier molecular flexibility index (Phi) is 5.43. The minimum absolute atomic E-state index is 0.0579. The number of nitrogens with one attached hydrogen (secondary N) is 1. The van der Waals surface area contributed by atoms with Gasteiger partial charge in [0.2, 0.25) is 11.2 Å². The summed E-state index contributed by atoms with van der Waals surface area (Å²) in [5, 5.41) is 3.23. The molecule has 2 aromatic heterocycles. The van der Waals surface area contributed by atoms with Crippen molar-refractivity contribution in [1.29, 1.82) is 0 Å². The Labute approximate surface area is 171 Å². The molecule has 4 aromatic rings. The molecule has 0 bridgehead atoms. The van der Waals surface area contributed by atoms with Gasteiger partial charge >= 0.3 is 0 Å². The number of carbonyl (C=O) groups excluding carboxylic acids is 1. The minimum atomic E-state index is -0.293. The molecule has 0 aliphatic carbocycles. The minimum Gasteiger partial charge on any atom is -0.497 e. The number of nitrogens with zero attached hydrogens (tertiary/aromatic N) is 1. The van der Waals surface area contributed by atoms with Crippen LogP contribution in [0.5, 0.6) is 17.2 Å². The molecular weight excluding hydrogens is 384 g/mol. The molecule has 2 aromatic carbocycles. The second-order valence-corrected chi connectivity index (χ2v) is 6.46. The number of amides is 1. The molecule has 30 heavy (non-hydrogen) atoms. The molecule has 1 amide bonds. The Balaban J connectivity index is 1.46. The van der Waals surface area contributed by atoms with Crippen molar-refractivity contribution in [1.82, 2.24) is 10.3 Å². The van der Waals surface area contributed by atoms with Crippen molar-refractivity contribution in [3.8, 4) is 17.2 Å². The largest absolute Gasteiger partial charge is 0.497 e. The van der Waals surface area contributed by atoms with E-state index in [1.54, 1.807) is 62.0 Å². The molecule has 0 unspecified atom stereocenters. The highest BCUT2D eigenvalue weighted by Crippen LogP contribution is 2.24. The lowest BCUT2D eigenvalue weighted by Crippen LogP contribution is -2.22. The molecule has 0 fully saturated rings. The monoisotopic (exact) mass is 402 g/mol. The lowest BCUT2D eigenvalue weighted by atomic mass is 10.2. The lowest BCUT2D eigenvalue weighted by molar-refractivity contribution is 0.0951. The second-order valence-electron chi connectivity index (χ2n) is 6.46. The molecule has 0 radical (unpaired) electrons. The van der Waals surface area contributed by atoms with Gasteiger partial charge in [-0.3, -0.25) is 14.6 Å². The summed E-state index contributed by atoms with van der Waals surface area (Å²) in [6.45, 7) is 0.405. The van der Waals surface area contributed by atoms with E-state index in [2.05, 4.69) is 10.3 Å². The van der Waals surface area contributed by atoms with Gasteiger partial charge in [-0.25, -0.2) is 0 Å². The van der Waals surface area contributed by atoms with Gasteiger partial charge in [0.1, 0.15) is 23.3 Å². The van der Waals surface area contributed by atoms with Gasteiger partial charge in [-0.2, -0.15) is 0 Å². The summed E-state index contributed by atoms with van der Waals surface area (Å²) in [5.41, 5.74) is 1.55. The molecule has 2 heterocycles. The van der Waals surface area contributed by atoms with E-state index < -0.39 is 0 Å². The van der Waals surface area contributed by atoms with Crippen LogP contribution in [0.4, 0.5) is 0 Å². The number of rotatable bonds is 6. The van der Waals surface area contributed by atoms with E-state index in [0.29, 0.717) is 34.6 Å². The molecule has 0 aliphatic heterocycles. The van der Waals surface area contributed by atoms with E-state index in [4.69, 9.17) is 13.9 Å². The predicted octanol–water partition coefficient (Wildman–Crippen LogP) is 3.92. The summed E-state index contributed by atoms with van der Waals surface area (Å²) < 4.78 is 16.3. The highest BCUT2D eigenvalue weighted by Gasteiger charge is 2.11. The number of ether oxygens (including phenoxy) is 2. The molecule has 0 saturated carbocycles. The predicted molar refractivity (Wildman–Crippen MR) is 111 cm³/mol. The summed E-state index contributed by atoms with van der Waals surface area (Å²) in [6.07, 6.45) is 4.61. The van der Waals surface area contributed by atoms with Gasteiger partial charge in [-0.15, -0.1) is 0 Å². The topological polar surface area (TPSA) is 90.7 Å². The highest BCUT2D eigenvalue weighted by molar-refractivity contribution is 5.94. The van der Waals surface area contributed by atoms with Crippen LogP contribution in [0.25, 0.3) is 11.0 Å². The van der Waals surface area contributed by atoms with Crippen LogP contribution in [0.3, 0.4) is 0 Å². The number of carbonyl (C=O) groups is 1. The van der Waals surface area contributed by atoms with E-state index in [1.165, 1.54) is 6.26 Å². The number of aromatic nitrogens is 1. The first-order chi connectivity index (χ1) is 14.6. The zero-order valence-corrected chi connectivity index (χ0v) is 16.1. The number of hydrogen-bond donors (Lipinski definition) is 1. The summed E-state index contributed by atoms with van der Waals surface area (Å²) in [5.74, 6) is 0.859. The van der Waals surface area contributed by atoms with Crippen molar-refractivity contribution in [2.45, 2.75) is 6.54 Å². The molecule has 0 spiro atoms. The Morgan fingerprint density at radius 1 is 1.03 bits per heavy atom. The van der Waals surface area contributed by atoms with Crippen LogP contribution in [0.1, 0.15) is 15.9 Å². The summed E-state index contributed by atoms with van der Waals surface area (Å²) >= 11 is 0. The smallest absolute Gasteiger partial charge is 0.251 e. The number of methoxy groups -OCH3 is 1. The van der Waals surface area contributed by atoms with Crippen LogP contribution in [0.15, 0.2) is 82.5 Å². The zero-order chi connectivity index (χ0) is 20.9. The maximum atomic E-state index is 12.6. The van der Waals surface area contributed by atoms with E-state index in [0.717, 1.165) is 5.56 Å². The van der Waals surface area contributed by atoms with Crippen molar-refractivity contribution < 1.29 is 18.7 Å². The van der Waals surface area contributed by atoms with Crippen LogP contribution in [0, 0.1) is 0 Å². The van der Waals surface area contributed by atoms with Crippen LogP contribution < -0.4 is 20.2 Å². The Bertz CT molecular complexity index is 1230. The fourth-order valence-electron chi connectivity index (χ4n) is 2.87. The van der Waals surface area contributed by atoms with Crippen molar-refractivity contribution >= 4 is 16.9 Å². The van der Waals surface area contributed by atoms with Crippen molar-refractivity contribution in [2.24, 2.45) is 0 Å². The first-order valence-electron chi connectivity index (χ1n) is 9.18. The molecule has 0 aliphatic rings. The lowest BCUT2D eigenvalue weighted by Gasteiger charge is -2.08. The molecule has 1 N–H and O–H groups in total. The zero-order valence-electron chi connectivity index (χ0n) is 16.1. The first-order valence-corrected chi connectivity index (χ1v) is 9.18. The molecule has 150 valence electrons. The van der Waals surface area contributed by atoms with Gasteiger partial charge in [0.15, 0.2) is 0 Å². The standard InChI is InChI=1S/C23H18N2O5/c1-28-18-6-7-19-20(12-18)29-14-21(22(19)26)30-17-4-2-16(3-5-17)23(27)25-13-15-8-10-24-11-9-15/h2-12,14H,13H2,1H3,(H,25,27). The summed E-state index contributed by atoms with van der Waals surface area (Å²) in [6, 6.07) is 15.1.